The Hall–Kier alpha value is -1.71. The number of rotatable bonds is 2. The molecule has 0 bridgehead atoms. The second-order valence-corrected chi connectivity index (χ2v) is 9.45. The van der Waals surface area contributed by atoms with Crippen molar-refractivity contribution in [1.82, 2.24) is 10.5 Å². The van der Waals surface area contributed by atoms with Gasteiger partial charge in [0.05, 0.1) is 6.04 Å². The van der Waals surface area contributed by atoms with Gasteiger partial charge in [-0.25, -0.2) is 0 Å². The number of pyridine rings is 1. The third-order valence-electron chi connectivity index (χ3n) is 8.29. The normalized spacial score (nSPS) is 40.3. The molecule has 1 heterocycles. The van der Waals surface area contributed by atoms with Crippen LogP contribution in [0.2, 0.25) is 0 Å². The number of hydrogen-bond donors (Lipinski definition) is 2. The lowest BCUT2D eigenvalue weighted by atomic mass is 9.48. The molecule has 2 N–H and O–H groups in total. The third kappa shape index (κ3) is 2.44. The van der Waals surface area contributed by atoms with Gasteiger partial charge in [-0.3, -0.25) is 4.98 Å². The molecule has 4 aliphatic carbocycles. The molecule has 0 aromatic carbocycles. The maximum Gasteiger partial charge on any atom is 0.0502 e. The molecule has 142 valence electrons. The summed E-state index contributed by atoms with van der Waals surface area (Å²) in [7, 11) is 0. The zero-order valence-corrected chi connectivity index (χ0v) is 16.4. The first-order chi connectivity index (χ1) is 13.1. The molecule has 5 rings (SSSR count). The van der Waals surface area contributed by atoms with Gasteiger partial charge in [0.2, 0.25) is 0 Å². The topological polar surface area (TPSA) is 45.1 Å². The monoisotopic (exact) mass is 362 g/mol. The summed E-state index contributed by atoms with van der Waals surface area (Å²) in [6.07, 6.45) is 18.2. The second kappa shape index (κ2) is 6.15. The first kappa shape index (κ1) is 17.4. The maximum atomic E-state index is 9.38. The minimum atomic E-state index is 0.142. The first-order valence-electron chi connectivity index (χ1n) is 10.5. The van der Waals surface area contributed by atoms with Gasteiger partial charge < -0.3 is 5.21 Å². The molecule has 1 aromatic heterocycles. The molecule has 1 unspecified atom stereocenters. The number of hydroxylamine groups is 1. The molecule has 2 fully saturated rings. The van der Waals surface area contributed by atoms with E-state index in [1.807, 2.05) is 12.4 Å². The van der Waals surface area contributed by atoms with Gasteiger partial charge in [-0.1, -0.05) is 49.3 Å². The Morgan fingerprint density at radius 3 is 2.81 bits per heavy atom. The van der Waals surface area contributed by atoms with Gasteiger partial charge in [0.1, 0.15) is 0 Å². The summed E-state index contributed by atoms with van der Waals surface area (Å²) in [6.45, 7) is 4.96. The Balaban J connectivity index is 1.47. The summed E-state index contributed by atoms with van der Waals surface area (Å²) < 4.78 is 0. The minimum absolute atomic E-state index is 0.142. The van der Waals surface area contributed by atoms with E-state index in [-0.39, 0.29) is 11.5 Å². The molecule has 5 atom stereocenters. The third-order valence-corrected chi connectivity index (χ3v) is 8.29. The largest absolute Gasteiger partial charge is 0.316 e. The predicted octanol–water partition coefficient (Wildman–Crippen LogP) is 5.31. The lowest BCUT2D eigenvalue weighted by molar-refractivity contribution is 0.0509. The lowest BCUT2D eigenvalue weighted by Gasteiger charge is -2.56. The van der Waals surface area contributed by atoms with E-state index in [0.29, 0.717) is 11.3 Å². The average molecular weight is 363 g/mol. The zero-order valence-electron chi connectivity index (χ0n) is 16.4. The molecule has 0 radical (unpaired) electrons. The summed E-state index contributed by atoms with van der Waals surface area (Å²) in [6, 6.07) is 4.40. The summed E-state index contributed by atoms with van der Waals surface area (Å²) >= 11 is 0. The Bertz CT molecular complexity index is 839. The van der Waals surface area contributed by atoms with Crippen LogP contribution in [-0.2, 0) is 0 Å². The molecular formula is C24H30N2O. The molecule has 0 saturated heterocycles. The smallest absolute Gasteiger partial charge is 0.0502 e. The van der Waals surface area contributed by atoms with Crippen LogP contribution in [0.25, 0.3) is 5.57 Å². The SMILES string of the molecule is C[C@]12CC[C@H]3[C@@H](CCC4=CC(NO)CC[C@@]43C)C1=CC=C2c1cccnc1. The Morgan fingerprint density at radius 1 is 1.15 bits per heavy atom. The Labute approximate surface area is 162 Å². The highest BCUT2D eigenvalue weighted by atomic mass is 16.5. The van der Waals surface area contributed by atoms with Crippen molar-refractivity contribution < 1.29 is 5.21 Å². The van der Waals surface area contributed by atoms with Crippen molar-refractivity contribution in [3.63, 3.8) is 0 Å². The van der Waals surface area contributed by atoms with E-state index in [9.17, 15) is 5.21 Å². The van der Waals surface area contributed by atoms with Crippen molar-refractivity contribution in [2.75, 3.05) is 0 Å². The predicted molar refractivity (Wildman–Crippen MR) is 108 cm³/mol. The average Bonchev–Trinajstić information content (AvgIpc) is 3.05. The summed E-state index contributed by atoms with van der Waals surface area (Å²) in [4.78, 5) is 4.36. The number of fused-ring (bicyclic) bond motifs is 5. The number of allylic oxidation sites excluding steroid dienone is 5. The summed E-state index contributed by atoms with van der Waals surface area (Å²) in [5.41, 5.74) is 8.96. The van der Waals surface area contributed by atoms with Gasteiger partial charge in [0.15, 0.2) is 0 Å². The highest BCUT2D eigenvalue weighted by Crippen LogP contribution is 2.65. The van der Waals surface area contributed by atoms with E-state index in [1.54, 1.807) is 11.1 Å². The van der Waals surface area contributed by atoms with Crippen LogP contribution in [0.3, 0.4) is 0 Å². The number of nitrogens with zero attached hydrogens (tertiary/aromatic N) is 1. The van der Waals surface area contributed by atoms with Crippen LogP contribution in [0.15, 0.2) is 53.9 Å². The van der Waals surface area contributed by atoms with Crippen LogP contribution in [0.5, 0.6) is 0 Å². The molecular weight excluding hydrogens is 332 g/mol. The molecule has 0 aliphatic heterocycles. The molecule has 27 heavy (non-hydrogen) atoms. The fourth-order valence-corrected chi connectivity index (χ4v) is 6.76. The highest BCUT2D eigenvalue weighted by molar-refractivity contribution is 5.78. The molecule has 2 saturated carbocycles. The fraction of sp³-hybridized carbons (Fsp3) is 0.542. The van der Waals surface area contributed by atoms with Gasteiger partial charge >= 0.3 is 0 Å². The van der Waals surface area contributed by atoms with E-state index in [1.165, 1.54) is 43.2 Å². The van der Waals surface area contributed by atoms with Crippen LogP contribution < -0.4 is 5.48 Å². The summed E-state index contributed by atoms with van der Waals surface area (Å²) in [5, 5.41) is 9.38. The second-order valence-electron chi connectivity index (χ2n) is 9.45. The fourth-order valence-electron chi connectivity index (χ4n) is 6.76. The van der Waals surface area contributed by atoms with E-state index < -0.39 is 0 Å². The van der Waals surface area contributed by atoms with Crippen LogP contribution in [0.4, 0.5) is 0 Å². The zero-order chi connectivity index (χ0) is 18.6. The van der Waals surface area contributed by atoms with Crippen LogP contribution in [-0.4, -0.2) is 16.2 Å². The number of nitrogens with one attached hydrogen (secondary N) is 1. The molecule has 4 aliphatic rings. The highest BCUT2D eigenvalue weighted by Gasteiger charge is 2.54. The van der Waals surface area contributed by atoms with Crippen LogP contribution in [0, 0.1) is 22.7 Å². The van der Waals surface area contributed by atoms with Crippen molar-refractivity contribution in [2.45, 2.75) is 58.4 Å². The molecule has 0 spiro atoms. The first-order valence-corrected chi connectivity index (χ1v) is 10.5. The van der Waals surface area contributed by atoms with Gasteiger partial charge in [-0.2, -0.15) is 5.48 Å². The van der Waals surface area contributed by atoms with E-state index in [2.05, 4.69) is 54.7 Å². The van der Waals surface area contributed by atoms with E-state index in [0.717, 1.165) is 12.3 Å². The summed E-state index contributed by atoms with van der Waals surface area (Å²) in [5.74, 6) is 1.42. The van der Waals surface area contributed by atoms with Gasteiger partial charge in [0.25, 0.3) is 0 Å². The van der Waals surface area contributed by atoms with Crippen LogP contribution >= 0.6 is 0 Å². The van der Waals surface area contributed by atoms with Gasteiger partial charge in [-0.05, 0) is 73.0 Å². The van der Waals surface area contributed by atoms with Crippen molar-refractivity contribution in [3.05, 3.63) is 59.5 Å². The number of aromatic nitrogens is 1. The van der Waals surface area contributed by atoms with E-state index in [4.69, 9.17) is 0 Å². The van der Waals surface area contributed by atoms with E-state index >= 15 is 0 Å². The number of hydrogen-bond acceptors (Lipinski definition) is 3. The lowest BCUT2D eigenvalue weighted by Crippen LogP contribution is -2.48. The Kier molecular flexibility index (Phi) is 3.96. The van der Waals surface area contributed by atoms with Gasteiger partial charge in [0, 0.05) is 17.8 Å². The maximum absolute atomic E-state index is 9.38. The van der Waals surface area contributed by atoms with Crippen molar-refractivity contribution >= 4 is 5.57 Å². The quantitative estimate of drug-likeness (QED) is 0.554. The Morgan fingerprint density at radius 2 is 2.04 bits per heavy atom. The van der Waals surface area contributed by atoms with Crippen molar-refractivity contribution in [2.24, 2.45) is 22.7 Å². The van der Waals surface area contributed by atoms with Gasteiger partial charge in [-0.15, -0.1) is 0 Å². The molecule has 1 aromatic rings. The molecule has 3 nitrogen and oxygen atoms in total. The molecule has 3 heteroatoms. The van der Waals surface area contributed by atoms with Crippen LogP contribution in [0.1, 0.15) is 57.9 Å². The minimum Gasteiger partial charge on any atom is -0.316 e. The standard InChI is InChI=1S/C24H30N2O/c1-23-11-9-18(26-27)14-17(23)5-6-19-21-8-7-20(16-4-3-13-25-15-16)24(21,2)12-10-22(19)23/h3-4,7-8,13-15,18-19,22,26-27H,5-6,9-12H2,1-2H3/t18?,19-,22-,23-,24+/m0/s1. The molecule has 0 amide bonds. The van der Waals surface area contributed by atoms with Crippen molar-refractivity contribution in [1.29, 1.82) is 0 Å². The van der Waals surface area contributed by atoms with Crippen molar-refractivity contribution in [3.8, 4) is 0 Å².